The number of aromatic nitrogens is 2. The van der Waals surface area contributed by atoms with Gasteiger partial charge in [0, 0.05) is 50.8 Å². The number of halogens is 1. The van der Waals surface area contributed by atoms with Gasteiger partial charge < -0.3 is 5.32 Å². The van der Waals surface area contributed by atoms with Crippen molar-refractivity contribution in [1.82, 2.24) is 24.7 Å². The number of benzene rings is 1. The SMILES string of the molecule is O=C(CN1CCN(Cc2nnsc2Cl)CC1)NCc1ccccc1. The Morgan fingerprint density at radius 1 is 1.17 bits per heavy atom. The van der Waals surface area contributed by atoms with E-state index in [1.54, 1.807) is 0 Å². The van der Waals surface area contributed by atoms with Gasteiger partial charge in [-0.15, -0.1) is 5.10 Å². The molecule has 1 aromatic heterocycles. The fourth-order valence-electron chi connectivity index (χ4n) is 2.66. The predicted molar refractivity (Wildman–Crippen MR) is 94.9 cm³/mol. The fraction of sp³-hybridized carbons (Fsp3) is 0.438. The molecule has 0 bridgehead atoms. The van der Waals surface area contributed by atoms with Crippen molar-refractivity contribution < 1.29 is 4.79 Å². The molecule has 0 radical (unpaired) electrons. The van der Waals surface area contributed by atoms with Gasteiger partial charge in [0.25, 0.3) is 0 Å². The third kappa shape index (κ3) is 4.98. The monoisotopic (exact) mass is 365 g/mol. The average Bonchev–Trinajstić information content (AvgIpc) is 3.01. The van der Waals surface area contributed by atoms with Gasteiger partial charge in [0.1, 0.15) is 10.0 Å². The highest BCUT2D eigenvalue weighted by Crippen LogP contribution is 2.19. The summed E-state index contributed by atoms with van der Waals surface area (Å²) in [6, 6.07) is 9.95. The number of nitrogens with zero attached hydrogens (tertiary/aromatic N) is 4. The minimum Gasteiger partial charge on any atom is -0.351 e. The highest BCUT2D eigenvalue weighted by Gasteiger charge is 2.20. The summed E-state index contributed by atoms with van der Waals surface area (Å²) >= 11 is 7.27. The zero-order chi connectivity index (χ0) is 16.8. The molecule has 0 aliphatic carbocycles. The van der Waals surface area contributed by atoms with Crippen LogP contribution in [0.3, 0.4) is 0 Å². The molecule has 1 aliphatic rings. The maximum absolute atomic E-state index is 12.1. The van der Waals surface area contributed by atoms with E-state index in [2.05, 4.69) is 24.7 Å². The predicted octanol–water partition coefficient (Wildman–Crippen LogP) is 1.63. The lowest BCUT2D eigenvalue weighted by molar-refractivity contribution is -0.122. The molecule has 2 heterocycles. The van der Waals surface area contributed by atoms with Crippen molar-refractivity contribution in [2.45, 2.75) is 13.1 Å². The van der Waals surface area contributed by atoms with E-state index in [-0.39, 0.29) is 5.91 Å². The molecule has 0 saturated carbocycles. The molecule has 0 atom stereocenters. The van der Waals surface area contributed by atoms with E-state index < -0.39 is 0 Å². The molecule has 1 amide bonds. The quantitative estimate of drug-likeness (QED) is 0.843. The molecule has 128 valence electrons. The molecule has 0 unspecified atom stereocenters. The first kappa shape index (κ1) is 17.3. The summed E-state index contributed by atoms with van der Waals surface area (Å²) < 4.78 is 4.52. The number of hydrogen-bond acceptors (Lipinski definition) is 6. The van der Waals surface area contributed by atoms with E-state index in [1.165, 1.54) is 11.5 Å². The molecular weight excluding hydrogens is 346 g/mol. The Kier molecular flexibility index (Phi) is 6.14. The van der Waals surface area contributed by atoms with E-state index in [9.17, 15) is 4.79 Å². The van der Waals surface area contributed by atoms with Gasteiger partial charge in [-0.2, -0.15) is 0 Å². The van der Waals surface area contributed by atoms with E-state index >= 15 is 0 Å². The summed E-state index contributed by atoms with van der Waals surface area (Å²) in [5.41, 5.74) is 1.96. The van der Waals surface area contributed by atoms with Crippen molar-refractivity contribution in [3.05, 3.63) is 45.9 Å². The van der Waals surface area contributed by atoms with E-state index in [0.29, 0.717) is 17.4 Å². The molecule has 8 heteroatoms. The third-order valence-corrected chi connectivity index (χ3v) is 5.03. The van der Waals surface area contributed by atoms with Crippen molar-refractivity contribution in [3.63, 3.8) is 0 Å². The number of rotatable bonds is 6. The lowest BCUT2D eigenvalue weighted by atomic mass is 10.2. The molecule has 2 aromatic rings. The first-order chi connectivity index (χ1) is 11.7. The van der Waals surface area contributed by atoms with Gasteiger partial charge in [-0.1, -0.05) is 46.4 Å². The van der Waals surface area contributed by atoms with Crippen molar-refractivity contribution in [2.24, 2.45) is 0 Å². The van der Waals surface area contributed by atoms with Crippen molar-refractivity contribution in [2.75, 3.05) is 32.7 Å². The maximum Gasteiger partial charge on any atom is 0.234 e. The van der Waals surface area contributed by atoms with Crippen LogP contribution in [-0.2, 0) is 17.9 Å². The Bertz CT molecular complexity index is 657. The molecular formula is C16H20ClN5OS. The fourth-order valence-corrected chi connectivity index (χ4v) is 3.28. The van der Waals surface area contributed by atoms with Crippen LogP contribution in [0, 0.1) is 0 Å². The molecule has 1 aliphatic heterocycles. The molecule has 3 rings (SSSR count). The Hall–Kier alpha value is -1.54. The maximum atomic E-state index is 12.1. The largest absolute Gasteiger partial charge is 0.351 e. The Labute approximate surface area is 150 Å². The summed E-state index contributed by atoms with van der Waals surface area (Å²) in [5.74, 6) is 0.0686. The lowest BCUT2D eigenvalue weighted by Crippen LogP contribution is -2.49. The number of nitrogens with one attached hydrogen (secondary N) is 1. The van der Waals surface area contributed by atoms with Gasteiger partial charge in [-0.25, -0.2) is 0 Å². The normalized spacial score (nSPS) is 16.2. The van der Waals surface area contributed by atoms with Gasteiger partial charge in [-0.05, 0) is 5.56 Å². The average molecular weight is 366 g/mol. The van der Waals surface area contributed by atoms with Gasteiger partial charge in [0.05, 0.1) is 6.54 Å². The van der Waals surface area contributed by atoms with E-state index in [0.717, 1.165) is 44.0 Å². The summed E-state index contributed by atoms with van der Waals surface area (Å²) in [4.78, 5) is 16.5. The number of piperazine rings is 1. The minimum atomic E-state index is 0.0686. The molecule has 6 nitrogen and oxygen atoms in total. The first-order valence-electron chi connectivity index (χ1n) is 7.93. The van der Waals surface area contributed by atoms with Crippen molar-refractivity contribution >= 4 is 29.0 Å². The van der Waals surface area contributed by atoms with E-state index in [1.807, 2.05) is 30.3 Å². The topological polar surface area (TPSA) is 61.4 Å². The van der Waals surface area contributed by atoms with Gasteiger partial charge in [0.2, 0.25) is 5.91 Å². The standard InChI is InChI=1S/C16H20ClN5OS/c17-16-14(19-20-24-16)11-21-6-8-22(9-7-21)12-15(23)18-10-13-4-2-1-3-5-13/h1-5H,6-12H2,(H,18,23). The smallest absolute Gasteiger partial charge is 0.234 e. The second-order valence-electron chi connectivity index (χ2n) is 5.81. The van der Waals surface area contributed by atoms with E-state index in [4.69, 9.17) is 11.6 Å². The van der Waals surface area contributed by atoms with Gasteiger partial charge in [0.15, 0.2) is 0 Å². The summed E-state index contributed by atoms with van der Waals surface area (Å²) in [6.45, 7) is 5.29. The van der Waals surface area contributed by atoms with Crippen LogP contribution < -0.4 is 5.32 Å². The number of hydrogen-bond donors (Lipinski definition) is 1. The van der Waals surface area contributed by atoms with Crippen LogP contribution in [0.1, 0.15) is 11.3 Å². The minimum absolute atomic E-state index is 0.0686. The van der Waals surface area contributed by atoms with Crippen molar-refractivity contribution in [1.29, 1.82) is 0 Å². The van der Waals surface area contributed by atoms with Crippen LogP contribution in [0.4, 0.5) is 0 Å². The Balaban J connectivity index is 1.37. The highest BCUT2D eigenvalue weighted by molar-refractivity contribution is 7.10. The van der Waals surface area contributed by atoms with Crippen LogP contribution in [0.25, 0.3) is 0 Å². The zero-order valence-corrected chi connectivity index (χ0v) is 14.9. The van der Waals surface area contributed by atoms with Crippen LogP contribution in [-0.4, -0.2) is 58.0 Å². The van der Waals surface area contributed by atoms with Crippen LogP contribution in [0.5, 0.6) is 0 Å². The molecule has 1 saturated heterocycles. The molecule has 1 fully saturated rings. The number of carbonyl (C=O) groups excluding carboxylic acids is 1. The molecule has 24 heavy (non-hydrogen) atoms. The second kappa shape index (κ2) is 8.53. The lowest BCUT2D eigenvalue weighted by Gasteiger charge is -2.33. The Morgan fingerprint density at radius 3 is 2.54 bits per heavy atom. The summed E-state index contributed by atoms with van der Waals surface area (Å²) in [6.07, 6.45) is 0. The van der Waals surface area contributed by atoms with Gasteiger partial charge in [-0.3, -0.25) is 14.6 Å². The Morgan fingerprint density at radius 2 is 1.88 bits per heavy atom. The van der Waals surface area contributed by atoms with Crippen LogP contribution >= 0.6 is 23.1 Å². The van der Waals surface area contributed by atoms with Crippen LogP contribution in [0.2, 0.25) is 4.34 Å². The first-order valence-corrected chi connectivity index (χ1v) is 9.08. The third-order valence-electron chi connectivity index (χ3n) is 4.05. The van der Waals surface area contributed by atoms with Gasteiger partial charge >= 0.3 is 0 Å². The number of carbonyl (C=O) groups is 1. The van der Waals surface area contributed by atoms with Crippen LogP contribution in [0.15, 0.2) is 30.3 Å². The highest BCUT2D eigenvalue weighted by atomic mass is 35.5. The number of amides is 1. The summed E-state index contributed by atoms with van der Waals surface area (Å²) in [7, 11) is 0. The van der Waals surface area contributed by atoms with Crippen molar-refractivity contribution in [3.8, 4) is 0 Å². The molecule has 0 spiro atoms. The second-order valence-corrected chi connectivity index (χ2v) is 7.16. The molecule has 1 aromatic carbocycles. The zero-order valence-electron chi connectivity index (χ0n) is 13.3. The molecule has 1 N–H and O–H groups in total. The summed E-state index contributed by atoms with van der Waals surface area (Å²) in [5, 5.41) is 7.02.